The van der Waals surface area contributed by atoms with E-state index < -0.39 is 15.6 Å². The van der Waals surface area contributed by atoms with Gasteiger partial charge in [0.15, 0.2) is 0 Å². The molecule has 0 bridgehead atoms. The number of hydrogen-bond donors (Lipinski definition) is 1. The third-order valence-corrected chi connectivity index (χ3v) is 5.61. The van der Waals surface area contributed by atoms with Crippen LogP contribution in [0.25, 0.3) is 0 Å². The minimum absolute atomic E-state index is 0.0430. The maximum atomic E-state index is 12.3. The van der Waals surface area contributed by atoms with Gasteiger partial charge >= 0.3 is 0 Å². The highest BCUT2D eigenvalue weighted by atomic mass is 35.5. The van der Waals surface area contributed by atoms with E-state index in [0.29, 0.717) is 12.8 Å². The van der Waals surface area contributed by atoms with E-state index >= 15 is 0 Å². The number of benzene rings is 1. The first-order valence-electron chi connectivity index (χ1n) is 5.84. The van der Waals surface area contributed by atoms with Crippen LogP contribution < -0.4 is 4.72 Å². The van der Waals surface area contributed by atoms with Crippen molar-refractivity contribution in [2.24, 2.45) is 0 Å². The maximum absolute atomic E-state index is 12.3. The molecule has 19 heavy (non-hydrogen) atoms. The average molecular weight is 345 g/mol. The van der Waals surface area contributed by atoms with Crippen molar-refractivity contribution in [1.29, 1.82) is 0 Å². The van der Waals surface area contributed by atoms with E-state index in [-0.39, 0.29) is 20.8 Å². The van der Waals surface area contributed by atoms with Gasteiger partial charge in [0.2, 0.25) is 10.0 Å². The van der Waals surface area contributed by atoms with Gasteiger partial charge in [0.05, 0.1) is 4.90 Å². The zero-order valence-corrected chi connectivity index (χ0v) is 13.8. The molecule has 0 aliphatic rings. The second kappa shape index (κ2) is 6.64. The zero-order valence-electron chi connectivity index (χ0n) is 10.7. The Morgan fingerprint density at radius 2 is 1.58 bits per heavy atom. The van der Waals surface area contributed by atoms with Crippen LogP contribution in [-0.2, 0) is 10.0 Å². The highest BCUT2D eigenvalue weighted by Gasteiger charge is 2.31. The summed E-state index contributed by atoms with van der Waals surface area (Å²) in [5.41, 5.74) is -0.658. The van der Waals surface area contributed by atoms with Crippen LogP contribution >= 0.6 is 34.8 Å². The lowest BCUT2D eigenvalue weighted by Gasteiger charge is -2.30. The quantitative estimate of drug-likeness (QED) is 0.791. The first kappa shape index (κ1) is 17.1. The normalized spacial score (nSPS) is 12.7. The molecule has 1 aromatic rings. The number of rotatable bonds is 6. The molecule has 0 heterocycles. The standard InChI is InChI=1S/C12H16Cl3NO2S/c1-3-12(4-2,8-13)16-19(17,18)11-6-9(14)5-10(15)7-11/h5-7,16H,3-4,8H2,1-2H3. The van der Waals surface area contributed by atoms with Crippen LogP contribution in [-0.4, -0.2) is 19.8 Å². The van der Waals surface area contributed by atoms with Gasteiger partial charge in [0.1, 0.15) is 0 Å². The van der Waals surface area contributed by atoms with Gasteiger partial charge < -0.3 is 0 Å². The van der Waals surface area contributed by atoms with Gasteiger partial charge in [0.25, 0.3) is 0 Å². The van der Waals surface area contributed by atoms with E-state index in [4.69, 9.17) is 34.8 Å². The molecule has 0 spiro atoms. The highest BCUT2D eigenvalue weighted by Crippen LogP contribution is 2.25. The second-order valence-corrected chi connectivity index (χ2v) is 7.15. The predicted molar refractivity (Wildman–Crippen MR) is 80.8 cm³/mol. The summed E-state index contributed by atoms with van der Waals surface area (Å²) in [7, 11) is -3.70. The fourth-order valence-corrected chi connectivity index (χ4v) is 4.43. The number of alkyl halides is 1. The van der Waals surface area contributed by atoms with Crippen LogP contribution in [0.5, 0.6) is 0 Å². The number of halogens is 3. The summed E-state index contributed by atoms with van der Waals surface area (Å²) in [5.74, 6) is 0.202. The number of hydrogen-bond acceptors (Lipinski definition) is 2. The molecule has 1 N–H and O–H groups in total. The number of sulfonamides is 1. The Balaban J connectivity index is 3.17. The summed E-state index contributed by atoms with van der Waals surface area (Å²) in [4.78, 5) is 0.0430. The van der Waals surface area contributed by atoms with Gasteiger partial charge in [-0.05, 0) is 31.0 Å². The summed E-state index contributed by atoms with van der Waals surface area (Å²) in [6.07, 6.45) is 1.20. The van der Waals surface area contributed by atoms with E-state index in [0.717, 1.165) is 0 Å². The summed E-state index contributed by atoms with van der Waals surface area (Å²) >= 11 is 17.6. The van der Waals surface area contributed by atoms with E-state index in [1.54, 1.807) is 0 Å². The van der Waals surface area contributed by atoms with Gasteiger partial charge in [-0.25, -0.2) is 13.1 Å². The summed E-state index contributed by atoms with van der Waals surface area (Å²) in [6.45, 7) is 3.78. The van der Waals surface area contributed by atoms with E-state index in [1.165, 1.54) is 18.2 Å². The van der Waals surface area contributed by atoms with Gasteiger partial charge in [-0.3, -0.25) is 0 Å². The molecule has 0 unspecified atom stereocenters. The van der Waals surface area contributed by atoms with Gasteiger partial charge in [-0.2, -0.15) is 0 Å². The van der Waals surface area contributed by atoms with Crippen LogP contribution in [0.2, 0.25) is 10.0 Å². The van der Waals surface area contributed by atoms with Gasteiger partial charge in [-0.15, -0.1) is 11.6 Å². The van der Waals surface area contributed by atoms with Crippen LogP contribution in [0.3, 0.4) is 0 Å². The van der Waals surface area contributed by atoms with Crippen molar-refractivity contribution < 1.29 is 8.42 Å². The lowest BCUT2D eigenvalue weighted by molar-refractivity contribution is 0.394. The lowest BCUT2D eigenvalue weighted by Crippen LogP contribution is -2.49. The lowest BCUT2D eigenvalue weighted by atomic mass is 9.97. The van der Waals surface area contributed by atoms with E-state index in [9.17, 15) is 8.42 Å². The Morgan fingerprint density at radius 1 is 1.11 bits per heavy atom. The minimum atomic E-state index is -3.70. The summed E-state index contributed by atoms with van der Waals surface area (Å²) < 4.78 is 27.3. The maximum Gasteiger partial charge on any atom is 0.241 e. The Kier molecular flexibility index (Phi) is 5.96. The smallest absolute Gasteiger partial charge is 0.207 e. The molecule has 0 aliphatic heterocycles. The summed E-state index contributed by atoms with van der Waals surface area (Å²) in [5, 5.41) is 0.551. The van der Waals surface area contributed by atoms with Crippen molar-refractivity contribution in [2.45, 2.75) is 37.1 Å². The summed E-state index contributed by atoms with van der Waals surface area (Å²) in [6, 6.07) is 4.21. The largest absolute Gasteiger partial charge is 0.241 e. The molecule has 7 heteroatoms. The SMILES string of the molecule is CCC(CC)(CCl)NS(=O)(=O)c1cc(Cl)cc(Cl)c1. The topological polar surface area (TPSA) is 46.2 Å². The molecular formula is C12H16Cl3NO2S. The van der Waals surface area contributed by atoms with Crippen molar-refractivity contribution in [1.82, 2.24) is 4.72 Å². The second-order valence-electron chi connectivity index (χ2n) is 4.33. The van der Waals surface area contributed by atoms with E-state index in [2.05, 4.69) is 4.72 Å². The van der Waals surface area contributed by atoms with Crippen molar-refractivity contribution in [3.8, 4) is 0 Å². The molecule has 3 nitrogen and oxygen atoms in total. The first-order valence-corrected chi connectivity index (χ1v) is 8.62. The molecule has 0 amide bonds. The molecule has 0 aromatic heterocycles. The molecule has 0 radical (unpaired) electrons. The van der Waals surface area contributed by atoms with Gasteiger partial charge in [0, 0.05) is 21.5 Å². The fourth-order valence-electron chi connectivity index (χ4n) is 1.64. The number of nitrogens with one attached hydrogen (secondary N) is 1. The Labute approximate surface area is 129 Å². The van der Waals surface area contributed by atoms with Crippen molar-refractivity contribution in [3.05, 3.63) is 28.2 Å². The first-order chi connectivity index (χ1) is 8.78. The average Bonchev–Trinajstić information content (AvgIpc) is 2.35. The molecule has 0 atom stereocenters. The Hall–Kier alpha value is -0.000000000000000111. The van der Waals surface area contributed by atoms with Crippen molar-refractivity contribution >= 4 is 44.8 Å². The third kappa shape index (κ3) is 4.23. The molecule has 1 rings (SSSR count). The van der Waals surface area contributed by atoms with Gasteiger partial charge in [-0.1, -0.05) is 37.0 Å². The molecular weight excluding hydrogens is 329 g/mol. The molecule has 1 aromatic carbocycles. The molecule has 0 aliphatic carbocycles. The van der Waals surface area contributed by atoms with Crippen LogP contribution in [0.1, 0.15) is 26.7 Å². The zero-order chi connectivity index (χ0) is 14.7. The highest BCUT2D eigenvalue weighted by molar-refractivity contribution is 7.89. The van der Waals surface area contributed by atoms with Crippen LogP contribution in [0, 0.1) is 0 Å². The van der Waals surface area contributed by atoms with Crippen molar-refractivity contribution in [3.63, 3.8) is 0 Å². The Bertz CT molecular complexity index is 513. The molecule has 0 fully saturated rings. The minimum Gasteiger partial charge on any atom is -0.207 e. The van der Waals surface area contributed by atoms with Crippen molar-refractivity contribution in [2.75, 3.05) is 5.88 Å². The molecule has 0 saturated heterocycles. The van der Waals surface area contributed by atoms with Crippen LogP contribution in [0.4, 0.5) is 0 Å². The monoisotopic (exact) mass is 343 g/mol. The van der Waals surface area contributed by atoms with Crippen LogP contribution in [0.15, 0.2) is 23.1 Å². The Morgan fingerprint density at radius 3 is 1.95 bits per heavy atom. The molecule has 108 valence electrons. The third-order valence-electron chi connectivity index (χ3n) is 3.11. The molecule has 0 saturated carbocycles. The fraction of sp³-hybridized carbons (Fsp3) is 0.500. The predicted octanol–water partition coefficient (Wildman–Crippen LogP) is 4.07. The van der Waals surface area contributed by atoms with E-state index in [1.807, 2.05) is 13.8 Å².